The first-order valence-electron chi connectivity index (χ1n) is 5.86. The molecule has 0 bridgehead atoms. The molecule has 0 radical (unpaired) electrons. The third-order valence-corrected chi connectivity index (χ3v) is 3.07. The maximum absolute atomic E-state index is 9.08. The first kappa shape index (κ1) is 13.5. The molecule has 0 aliphatic carbocycles. The molecule has 0 aromatic carbocycles. The standard InChI is InChI=1S/C12H20ClN3/c1-3-4-12(9-14)16-7-5-15(6-8-16)10-11(2)13/h12H,2-8,10H2,1H3. The van der Waals surface area contributed by atoms with Gasteiger partial charge in [-0.2, -0.15) is 5.26 Å². The minimum absolute atomic E-state index is 0.0892. The second-order valence-corrected chi connectivity index (χ2v) is 4.80. The van der Waals surface area contributed by atoms with E-state index < -0.39 is 0 Å². The normalized spacial score (nSPS) is 20.3. The smallest absolute Gasteiger partial charge is 0.0978 e. The summed E-state index contributed by atoms with van der Waals surface area (Å²) in [6, 6.07) is 2.48. The van der Waals surface area contributed by atoms with Crippen LogP contribution in [0.1, 0.15) is 19.8 Å². The molecule has 1 atom stereocenters. The first-order valence-corrected chi connectivity index (χ1v) is 6.24. The van der Waals surface area contributed by atoms with E-state index in [0.29, 0.717) is 5.03 Å². The summed E-state index contributed by atoms with van der Waals surface area (Å²) in [6.07, 6.45) is 2.04. The Morgan fingerprint density at radius 2 is 2.06 bits per heavy atom. The van der Waals surface area contributed by atoms with Gasteiger partial charge in [0.2, 0.25) is 0 Å². The first-order chi connectivity index (χ1) is 7.67. The average Bonchev–Trinajstić information content (AvgIpc) is 2.26. The van der Waals surface area contributed by atoms with Crippen molar-refractivity contribution in [2.24, 2.45) is 0 Å². The van der Waals surface area contributed by atoms with Crippen molar-refractivity contribution in [3.05, 3.63) is 11.6 Å². The van der Waals surface area contributed by atoms with E-state index >= 15 is 0 Å². The molecule has 16 heavy (non-hydrogen) atoms. The number of halogens is 1. The highest BCUT2D eigenvalue weighted by Crippen LogP contribution is 2.12. The van der Waals surface area contributed by atoms with Crippen LogP contribution >= 0.6 is 11.6 Å². The second-order valence-electron chi connectivity index (χ2n) is 4.26. The number of nitriles is 1. The van der Waals surface area contributed by atoms with Gasteiger partial charge in [0.15, 0.2) is 0 Å². The molecule has 0 aromatic rings. The molecular weight excluding hydrogens is 222 g/mol. The lowest BCUT2D eigenvalue weighted by atomic mass is 10.1. The summed E-state index contributed by atoms with van der Waals surface area (Å²) in [7, 11) is 0. The molecule has 3 nitrogen and oxygen atoms in total. The van der Waals surface area contributed by atoms with Crippen LogP contribution < -0.4 is 0 Å². The molecule has 0 aromatic heterocycles. The Balaban J connectivity index is 2.36. The number of hydrogen-bond acceptors (Lipinski definition) is 3. The molecule has 1 aliphatic rings. The highest BCUT2D eigenvalue weighted by Gasteiger charge is 2.22. The maximum Gasteiger partial charge on any atom is 0.0978 e. The predicted molar refractivity (Wildman–Crippen MR) is 67.3 cm³/mol. The summed E-state index contributed by atoms with van der Waals surface area (Å²) in [5.74, 6) is 0. The fraction of sp³-hybridized carbons (Fsp3) is 0.750. The number of nitrogens with zero attached hydrogens (tertiary/aromatic N) is 3. The van der Waals surface area contributed by atoms with Crippen LogP contribution in [0.5, 0.6) is 0 Å². The van der Waals surface area contributed by atoms with Crippen molar-refractivity contribution in [3.63, 3.8) is 0 Å². The quantitative estimate of drug-likeness (QED) is 0.738. The monoisotopic (exact) mass is 241 g/mol. The van der Waals surface area contributed by atoms with Gasteiger partial charge < -0.3 is 0 Å². The molecule has 90 valence electrons. The van der Waals surface area contributed by atoms with Crippen LogP contribution in [-0.2, 0) is 0 Å². The Hall–Kier alpha value is -0.560. The van der Waals surface area contributed by atoms with Gasteiger partial charge in [-0.15, -0.1) is 0 Å². The molecular formula is C12H20ClN3. The van der Waals surface area contributed by atoms with Gasteiger partial charge >= 0.3 is 0 Å². The number of hydrogen-bond donors (Lipinski definition) is 0. The van der Waals surface area contributed by atoms with Crippen LogP contribution in [0.15, 0.2) is 11.6 Å². The summed E-state index contributed by atoms with van der Waals surface area (Å²) in [4.78, 5) is 4.56. The van der Waals surface area contributed by atoms with E-state index in [1.807, 2.05) is 0 Å². The van der Waals surface area contributed by atoms with Gasteiger partial charge in [-0.3, -0.25) is 9.80 Å². The topological polar surface area (TPSA) is 30.3 Å². The summed E-state index contributed by atoms with van der Waals surface area (Å²) < 4.78 is 0. The van der Waals surface area contributed by atoms with E-state index in [2.05, 4.69) is 29.4 Å². The third kappa shape index (κ3) is 4.13. The van der Waals surface area contributed by atoms with Crippen molar-refractivity contribution in [2.45, 2.75) is 25.8 Å². The Morgan fingerprint density at radius 3 is 2.50 bits per heavy atom. The van der Waals surface area contributed by atoms with Crippen molar-refractivity contribution in [1.29, 1.82) is 5.26 Å². The number of rotatable bonds is 5. The second kappa shape index (κ2) is 6.90. The van der Waals surface area contributed by atoms with Crippen LogP contribution in [-0.4, -0.2) is 48.6 Å². The van der Waals surface area contributed by atoms with Gasteiger partial charge in [0.05, 0.1) is 12.1 Å². The SMILES string of the molecule is C=C(Cl)CN1CCN(C(C#N)CCC)CC1. The molecule has 1 fully saturated rings. The van der Waals surface area contributed by atoms with Crippen molar-refractivity contribution >= 4 is 11.6 Å². The zero-order chi connectivity index (χ0) is 12.0. The summed E-state index contributed by atoms with van der Waals surface area (Å²) >= 11 is 5.78. The van der Waals surface area contributed by atoms with E-state index in [0.717, 1.165) is 45.6 Å². The summed E-state index contributed by atoms with van der Waals surface area (Å²) in [5.41, 5.74) is 0. The van der Waals surface area contributed by atoms with E-state index in [1.165, 1.54) is 0 Å². The fourth-order valence-electron chi connectivity index (χ4n) is 2.08. The van der Waals surface area contributed by atoms with E-state index in [9.17, 15) is 0 Å². The molecule has 0 saturated carbocycles. The van der Waals surface area contributed by atoms with Crippen LogP contribution in [0.3, 0.4) is 0 Å². The zero-order valence-corrected chi connectivity index (χ0v) is 10.7. The van der Waals surface area contributed by atoms with Gasteiger partial charge in [-0.05, 0) is 6.42 Å². The molecule has 0 spiro atoms. The minimum Gasteiger partial charge on any atom is -0.296 e. The zero-order valence-electron chi connectivity index (χ0n) is 9.95. The lowest BCUT2D eigenvalue weighted by molar-refractivity contribution is 0.118. The van der Waals surface area contributed by atoms with Gasteiger partial charge in [-0.1, -0.05) is 31.5 Å². The van der Waals surface area contributed by atoms with Gasteiger partial charge in [0.25, 0.3) is 0 Å². The summed E-state index contributed by atoms with van der Waals surface area (Å²) in [6.45, 7) is 10.5. The van der Waals surface area contributed by atoms with E-state index in [1.54, 1.807) is 0 Å². The van der Waals surface area contributed by atoms with Crippen molar-refractivity contribution in [3.8, 4) is 6.07 Å². The van der Waals surface area contributed by atoms with Crippen molar-refractivity contribution in [1.82, 2.24) is 9.80 Å². The van der Waals surface area contributed by atoms with E-state index in [-0.39, 0.29) is 6.04 Å². The Morgan fingerprint density at radius 1 is 1.44 bits per heavy atom. The molecule has 0 amide bonds. The third-order valence-electron chi connectivity index (χ3n) is 2.95. The molecule has 0 N–H and O–H groups in total. The number of piperazine rings is 1. The molecule has 1 unspecified atom stereocenters. The van der Waals surface area contributed by atoms with Crippen molar-refractivity contribution < 1.29 is 0 Å². The van der Waals surface area contributed by atoms with Gasteiger partial charge in [-0.25, -0.2) is 0 Å². The van der Waals surface area contributed by atoms with Crippen LogP contribution in [0, 0.1) is 11.3 Å². The maximum atomic E-state index is 9.08. The minimum atomic E-state index is 0.0892. The largest absolute Gasteiger partial charge is 0.296 e. The lowest BCUT2D eigenvalue weighted by Crippen LogP contribution is -2.50. The Labute approximate surface area is 103 Å². The lowest BCUT2D eigenvalue weighted by Gasteiger charge is -2.36. The average molecular weight is 242 g/mol. The Bertz CT molecular complexity index is 264. The highest BCUT2D eigenvalue weighted by atomic mass is 35.5. The molecule has 1 heterocycles. The van der Waals surface area contributed by atoms with Crippen LogP contribution in [0.2, 0.25) is 0 Å². The van der Waals surface area contributed by atoms with Crippen molar-refractivity contribution in [2.75, 3.05) is 32.7 Å². The van der Waals surface area contributed by atoms with Crippen LogP contribution in [0.25, 0.3) is 0 Å². The Kier molecular flexibility index (Phi) is 5.83. The van der Waals surface area contributed by atoms with Gasteiger partial charge in [0, 0.05) is 37.8 Å². The molecule has 1 rings (SSSR count). The molecule has 1 saturated heterocycles. The molecule has 1 aliphatic heterocycles. The predicted octanol–water partition coefficient (Wildman–Crippen LogP) is 2.05. The van der Waals surface area contributed by atoms with E-state index in [4.69, 9.17) is 16.9 Å². The highest BCUT2D eigenvalue weighted by molar-refractivity contribution is 6.29. The summed E-state index contributed by atoms with van der Waals surface area (Å²) in [5, 5.41) is 9.77. The fourth-order valence-corrected chi connectivity index (χ4v) is 2.25. The van der Waals surface area contributed by atoms with Crippen LogP contribution in [0.4, 0.5) is 0 Å². The molecule has 4 heteroatoms. The van der Waals surface area contributed by atoms with Gasteiger partial charge in [0.1, 0.15) is 0 Å².